The third kappa shape index (κ3) is 3.59. The number of anilines is 1. The molecule has 6 heteroatoms. The van der Waals surface area contributed by atoms with Crippen LogP contribution in [0.2, 0.25) is 0 Å². The lowest BCUT2D eigenvalue weighted by Crippen LogP contribution is -2.31. The number of carbonyl (C=O) groups excluding carboxylic acids is 1. The molecular formula is C15H17FN4O. The van der Waals surface area contributed by atoms with E-state index in [4.69, 9.17) is 0 Å². The first-order chi connectivity index (χ1) is 10.2. The minimum Gasteiger partial charge on any atom is -0.374 e. The van der Waals surface area contributed by atoms with Gasteiger partial charge in [-0.3, -0.25) is 4.79 Å². The van der Waals surface area contributed by atoms with Crippen molar-refractivity contribution >= 4 is 11.6 Å². The van der Waals surface area contributed by atoms with Gasteiger partial charge in [0, 0.05) is 18.9 Å². The summed E-state index contributed by atoms with van der Waals surface area (Å²) >= 11 is 0. The highest BCUT2D eigenvalue weighted by Crippen LogP contribution is 2.27. The second-order valence-electron chi connectivity index (χ2n) is 5.21. The summed E-state index contributed by atoms with van der Waals surface area (Å²) in [4.78, 5) is 11.7. The highest BCUT2D eigenvalue weighted by atomic mass is 19.1. The van der Waals surface area contributed by atoms with Crippen molar-refractivity contribution in [3.05, 3.63) is 42.5 Å². The van der Waals surface area contributed by atoms with Gasteiger partial charge in [-0.1, -0.05) is 0 Å². The zero-order chi connectivity index (χ0) is 14.7. The predicted molar refractivity (Wildman–Crippen MR) is 77.7 cm³/mol. The minimum atomic E-state index is -0.355. The number of benzene rings is 1. The van der Waals surface area contributed by atoms with E-state index in [1.165, 1.54) is 25.0 Å². The molecule has 2 N–H and O–H groups in total. The summed E-state index contributed by atoms with van der Waals surface area (Å²) in [5.41, 5.74) is 1.25. The van der Waals surface area contributed by atoms with E-state index in [9.17, 15) is 9.18 Å². The first-order valence-corrected chi connectivity index (χ1v) is 7.02. The summed E-state index contributed by atoms with van der Waals surface area (Å²) in [5, 5.41) is 9.96. The fraction of sp³-hybridized carbons (Fsp3) is 0.333. The predicted octanol–water partition coefficient (Wildman–Crippen LogP) is 1.95. The van der Waals surface area contributed by atoms with E-state index >= 15 is 0 Å². The van der Waals surface area contributed by atoms with Crippen LogP contribution in [0.25, 0.3) is 5.69 Å². The van der Waals surface area contributed by atoms with Crippen molar-refractivity contribution < 1.29 is 9.18 Å². The Bertz CT molecular complexity index is 623. The van der Waals surface area contributed by atoms with E-state index in [2.05, 4.69) is 15.7 Å². The molecule has 0 atom stereocenters. The van der Waals surface area contributed by atoms with Gasteiger partial charge in [-0.25, -0.2) is 9.07 Å². The summed E-state index contributed by atoms with van der Waals surface area (Å²) in [5.74, 6) is 0.201. The monoisotopic (exact) mass is 288 g/mol. The lowest BCUT2D eigenvalue weighted by Gasteiger charge is -2.12. The molecule has 1 heterocycles. The molecule has 3 rings (SSSR count). The van der Waals surface area contributed by atoms with Gasteiger partial charge in [0.25, 0.3) is 0 Å². The summed E-state index contributed by atoms with van der Waals surface area (Å²) < 4.78 is 15.0. The molecule has 0 spiro atoms. The van der Waals surface area contributed by atoms with Gasteiger partial charge in [0.05, 0.1) is 17.9 Å². The van der Waals surface area contributed by atoms with Crippen molar-refractivity contribution in [2.45, 2.75) is 12.8 Å². The van der Waals surface area contributed by atoms with E-state index in [0.29, 0.717) is 17.3 Å². The molecule has 0 saturated heterocycles. The van der Waals surface area contributed by atoms with Crippen molar-refractivity contribution in [3.63, 3.8) is 0 Å². The number of nitrogens with one attached hydrogen (secondary N) is 2. The maximum atomic E-state index is 13.4. The van der Waals surface area contributed by atoms with Crippen LogP contribution in [0.15, 0.2) is 36.7 Å². The van der Waals surface area contributed by atoms with Gasteiger partial charge in [-0.2, -0.15) is 5.10 Å². The Labute approximate surface area is 122 Å². The van der Waals surface area contributed by atoms with E-state index in [-0.39, 0.29) is 18.3 Å². The number of carbonyl (C=O) groups is 1. The van der Waals surface area contributed by atoms with Crippen molar-refractivity contribution in [2.75, 3.05) is 18.4 Å². The van der Waals surface area contributed by atoms with Gasteiger partial charge in [-0.15, -0.1) is 0 Å². The van der Waals surface area contributed by atoms with Crippen molar-refractivity contribution in [2.24, 2.45) is 5.92 Å². The lowest BCUT2D eigenvalue weighted by atomic mass is 10.2. The number of hydrogen-bond acceptors (Lipinski definition) is 3. The summed E-state index contributed by atoms with van der Waals surface area (Å²) in [6.07, 6.45) is 5.81. The molecule has 0 unspecified atom stereocenters. The minimum absolute atomic E-state index is 0.0856. The first-order valence-electron chi connectivity index (χ1n) is 7.02. The zero-order valence-electron chi connectivity index (χ0n) is 11.6. The van der Waals surface area contributed by atoms with Crippen LogP contribution < -0.4 is 10.6 Å². The third-order valence-corrected chi connectivity index (χ3v) is 3.43. The SMILES string of the molecule is O=C(CNc1cc(F)ccc1-n1cccn1)NCC1CC1. The Kier molecular flexibility index (Phi) is 3.85. The molecule has 5 nitrogen and oxygen atoms in total. The lowest BCUT2D eigenvalue weighted by molar-refractivity contribution is -0.119. The molecule has 21 heavy (non-hydrogen) atoms. The van der Waals surface area contributed by atoms with Crippen molar-refractivity contribution in [3.8, 4) is 5.69 Å². The van der Waals surface area contributed by atoms with Gasteiger partial charge < -0.3 is 10.6 Å². The third-order valence-electron chi connectivity index (χ3n) is 3.43. The standard InChI is InChI=1S/C15H17FN4O/c16-12-4-5-14(20-7-1-6-19-20)13(8-12)17-10-15(21)18-9-11-2-3-11/h1,4-8,11,17H,2-3,9-10H2,(H,18,21). The maximum Gasteiger partial charge on any atom is 0.239 e. The molecule has 1 aliphatic carbocycles. The van der Waals surface area contributed by atoms with Crippen LogP contribution in [0.4, 0.5) is 10.1 Å². The number of rotatable bonds is 6. The molecule has 1 aromatic heterocycles. The molecule has 1 fully saturated rings. The molecule has 1 aliphatic rings. The highest BCUT2D eigenvalue weighted by Gasteiger charge is 2.21. The fourth-order valence-electron chi connectivity index (χ4n) is 2.08. The van der Waals surface area contributed by atoms with E-state index in [1.54, 1.807) is 29.2 Å². The molecule has 1 amide bonds. The van der Waals surface area contributed by atoms with Crippen LogP contribution in [0.3, 0.4) is 0 Å². The van der Waals surface area contributed by atoms with Gasteiger partial charge in [0.1, 0.15) is 5.82 Å². The van der Waals surface area contributed by atoms with Gasteiger partial charge >= 0.3 is 0 Å². The molecule has 2 aromatic rings. The maximum absolute atomic E-state index is 13.4. The topological polar surface area (TPSA) is 59.0 Å². The highest BCUT2D eigenvalue weighted by molar-refractivity contribution is 5.81. The van der Waals surface area contributed by atoms with Crippen molar-refractivity contribution in [1.82, 2.24) is 15.1 Å². The van der Waals surface area contributed by atoms with Crippen LogP contribution >= 0.6 is 0 Å². The summed E-state index contributed by atoms with van der Waals surface area (Å²) in [6.45, 7) is 0.847. The Morgan fingerprint density at radius 3 is 3.00 bits per heavy atom. The van der Waals surface area contributed by atoms with Crippen LogP contribution in [-0.4, -0.2) is 28.8 Å². The quantitative estimate of drug-likeness (QED) is 0.854. The molecular weight excluding hydrogens is 271 g/mol. The Hall–Kier alpha value is -2.37. The van der Waals surface area contributed by atoms with E-state index < -0.39 is 0 Å². The van der Waals surface area contributed by atoms with Crippen LogP contribution in [0.5, 0.6) is 0 Å². The van der Waals surface area contributed by atoms with E-state index in [0.717, 1.165) is 6.54 Å². The zero-order valence-corrected chi connectivity index (χ0v) is 11.6. The molecule has 1 saturated carbocycles. The van der Waals surface area contributed by atoms with Gasteiger partial charge in [-0.05, 0) is 43.0 Å². The largest absolute Gasteiger partial charge is 0.374 e. The van der Waals surface area contributed by atoms with Gasteiger partial charge in [0.2, 0.25) is 5.91 Å². The number of aromatic nitrogens is 2. The smallest absolute Gasteiger partial charge is 0.239 e. The second kappa shape index (κ2) is 5.95. The Morgan fingerprint density at radius 1 is 1.43 bits per heavy atom. The molecule has 110 valence electrons. The average Bonchev–Trinajstić information content (AvgIpc) is 3.16. The molecule has 0 aliphatic heterocycles. The Balaban J connectivity index is 1.66. The summed E-state index contributed by atoms with van der Waals surface area (Å²) in [7, 11) is 0. The molecule has 0 bridgehead atoms. The summed E-state index contributed by atoms with van der Waals surface area (Å²) in [6, 6.07) is 6.16. The number of amides is 1. The number of halogens is 1. The molecule has 1 aromatic carbocycles. The second-order valence-corrected chi connectivity index (χ2v) is 5.21. The van der Waals surface area contributed by atoms with Gasteiger partial charge in [0.15, 0.2) is 0 Å². The van der Waals surface area contributed by atoms with Crippen LogP contribution in [0, 0.1) is 11.7 Å². The average molecular weight is 288 g/mol. The Morgan fingerprint density at radius 2 is 2.29 bits per heavy atom. The van der Waals surface area contributed by atoms with Crippen LogP contribution in [0.1, 0.15) is 12.8 Å². The normalized spacial score (nSPS) is 14.0. The fourth-order valence-corrected chi connectivity index (χ4v) is 2.08. The van der Waals surface area contributed by atoms with Crippen LogP contribution in [-0.2, 0) is 4.79 Å². The molecule has 0 radical (unpaired) electrons. The first kappa shape index (κ1) is 13.6. The number of nitrogens with zero attached hydrogens (tertiary/aromatic N) is 2. The van der Waals surface area contributed by atoms with Crippen molar-refractivity contribution in [1.29, 1.82) is 0 Å². The van der Waals surface area contributed by atoms with E-state index in [1.807, 2.05) is 0 Å². The number of hydrogen-bond donors (Lipinski definition) is 2.